The Bertz CT molecular complexity index is 787. The van der Waals surface area contributed by atoms with E-state index < -0.39 is 5.82 Å². The van der Waals surface area contributed by atoms with Crippen LogP contribution < -0.4 is 16.0 Å². The van der Waals surface area contributed by atoms with Gasteiger partial charge in [0.2, 0.25) is 11.8 Å². The largest absolute Gasteiger partial charge is 0.326 e. The maximum absolute atomic E-state index is 14.3. The lowest BCUT2D eigenvalue weighted by Gasteiger charge is -2.21. The number of benzene rings is 1. The number of halogens is 1. The SMILES string of the molecule is CC(=O)Nc1ccc(-c2csc(NC(=O)C3CCCCN3)n2)c(F)c1. The average Bonchev–Trinajstić information content (AvgIpc) is 3.03. The molecule has 3 N–H and O–H groups in total. The molecular formula is C17H19FN4O2S. The van der Waals surface area contributed by atoms with Crippen molar-refractivity contribution in [1.82, 2.24) is 10.3 Å². The van der Waals surface area contributed by atoms with Crippen molar-refractivity contribution in [2.75, 3.05) is 17.2 Å². The lowest BCUT2D eigenvalue weighted by atomic mass is 10.0. The molecule has 8 heteroatoms. The Morgan fingerprint density at radius 1 is 1.32 bits per heavy atom. The maximum Gasteiger partial charge on any atom is 0.243 e. The van der Waals surface area contributed by atoms with E-state index in [1.54, 1.807) is 17.5 Å². The number of rotatable bonds is 4. The Morgan fingerprint density at radius 3 is 2.84 bits per heavy atom. The molecule has 0 bridgehead atoms. The second-order valence-corrected chi connectivity index (χ2v) is 6.76. The number of hydrogen-bond acceptors (Lipinski definition) is 5. The number of thiazole rings is 1. The summed E-state index contributed by atoms with van der Waals surface area (Å²) >= 11 is 1.25. The van der Waals surface area contributed by atoms with Crippen LogP contribution in [0.15, 0.2) is 23.6 Å². The normalized spacial score (nSPS) is 17.1. The topological polar surface area (TPSA) is 83.1 Å². The van der Waals surface area contributed by atoms with Gasteiger partial charge in [-0.3, -0.25) is 9.59 Å². The second-order valence-electron chi connectivity index (χ2n) is 5.91. The highest BCUT2D eigenvalue weighted by atomic mass is 32.1. The molecule has 0 spiro atoms. The van der Waals surface area contributed by atoms with Gasteiger partial charge in [-0.2, -0.15) is 0 Å². The fourth-order valence-corrected chi connectivity index (χ4v) is 3.44. The summed E-state index contributed by atoms with van der Waals surface area (Å²) in [6.07, 6.45) is 2.92. The van der Waals surface area contributed by atoms with E-state index in [4.69, 9.17) is 0 Å². The molecule has 1 saturated heterocycles. The van der Waals surface area contributed by atoms with Gasteiger partial charge >= 0.3 is 0 Å². The lowest BCUT2D eigenvalue weighted by Crippen LogP contribution is -2.43. The summed E-state index contributed by atoms with van der Waals surface area (Å²) < 4.78 is 14.3. The molecule has 1 fully saturated rings. The smallest absolute Gasteiger partial charge is 0.243 e. The molecular weight excluding hydrogens is 343 g/mol. The van der Waals surface area contributed by atoms with Gasteiger partial charge in [0.25, 0.3) is 0 Å². The predicted octanol–water partition coefficient (Wildman–Crippen LogP) is 2.99. The molecule has 25 heavy (non-hydrogen) atoms. The summed E-state index contributed by atoms with van der Waals surface area (Å²) in [7, 11) is 0. The highest BCUT2D eigenvalue weighted by Crippen LogP contribution is 2.29. The van der Waals surface area contributed by atoms with E-state index in [-0.39, 0.29) is 17.9 Å². The maximum atomic E-state index is 14.3. The van der Waals surface area contributed by atoms with Crippen molar-refractivity contribution < 1.29 is 14.0 Å². The van der Waals surface area contributed by atoms with Crippen molar-refractivity contribution in [3.8, 4) is 11.3 Å². The first-order valence-electron chi connectivity index (χ1n) is 8.10. The number of carbonyl (C=O) groups is 2. The van der Waals surface area contributed by atoms with Crippen molar-refractivity contribution in [3.05, 3.63) is 29.4 Å². The van der Waals surface area contributed by atoms with E-state index in [9.17, 15) is 14.0 Å². The number of nitrogens with zero attached hydrogens (tertiary/aromatic N) is 1. The van der Waals surface area contributed by atoms with Crippen molar-refractivity contribution in [2.45, 2.75) is 32.2 Å². The standard InChI is InChI=1S/C17H19FN4O2S/c1-10(23)20-11-5-6-12(13(18)8-11)15-9-25-17(21-15)22-16(24)14-4-2-3-7-19-14/h5-6,8-9,14,19H,2-4,7H2,1H3,(H,20,23)(H,21,22,24). The molecule has 2 amide bonds. The zero-order valence-electron chi connectivity index (χ0n) is 13.8. The van der Waals surface area contributed by atoms with Gasteiger partial charge in [-0.25, -0.2) is 9.37 Å². The minimum Gasteiger partial charge on any atom is -0.326 e. The zero-order valence-corrected chi connectivity index (χ0v) is 14.6. The molecule has 1 atom stereocenters. The summed E-state index contributed by atoms with van der Waals surface area (Å²) in [6, 6.07) is 4.22. The number of anilines is 2. The summed E-state index contributed by atoms with van der Waals surface area (Å²) in [4.78, 5) is 27.5. The van der Waals surface area contributed by atoms with Crippen molar-refractivity contribution in [2.24, 2.45) is 0 Å². The quantitative estimate of drug-likeness (QED) is 0.781. The van der Waals surface area contributed by atoms with E-state index in [0.717, 1.165) is 25.8 Å². The second kappa shape index (κ2) is 7.71. The van der Waals surface area contributed by atoms with E-state index in [1.165, 1.54) is 24.3 Å². The van der Waals surface area contributed by atoms with Crippen LogP contribution in [0.2, 0.25) is 0 Å². The third kappa shape index (κ3) is 4.40. The van der Waals surface area contributed by atoms with Crippen LogP contribution in [0.5, 0.6) is 0 Å². The number of hydrogen-bond donors (Lipinski definition) is 3. The molecule has 0 aliphatic carbocycles. The predicted molar refractivity (Wildman–Crippen MR) is 96.1 cm³/mol. The van der Waals surface area contributed by atoms with Crippen molar-refractivity contribution >= 4 is 34.0 Å². The Morgan fingerprint density at radius 2 is 2.16 bits per heavy atom. The van der Waals surface area contributed by atoms with E-state index in [2.05, 4.69) is 20.9 Å². The van der Waals surface area contributed by atoms with Gasteiger partial charge in [0.15, 0.2) is 5.13 Å². The molecule has 3 rings (SSSR count). The summed E-state index contributed by atoms with van der Waals surface area (Å²) in [5, 5.41) is 10.6. The number of piperidine rings is 1. The number of amides is 2. The molecule has 2 heterocycles. The first-order chi connectivity index (χ1) is 12.0. The fraction of sp³-hybridized carbons (Fsp3) is 0.353. The lowest BCUT2D eigenvalue weighted by molar-refractivity contribution is -0.118. The minimum atomic E-state index is -0.483. The van der Waals surface area contributed by atoms with Crippen LogP contribution in [0.4, 0.5) is 15.2 Å². The van der Waals surface area contributed by atoms with Crippen LogP contribution in [0, 0.1) is 5.82 Å². The number of carbonyl (C=O) groups excluding carboxylic acids is 2. The Hall–Kier alpha value is -2.32. The third-order valence-electron chi connectivity index (χ3n) is 3.93. The molecule has 1 aliphatic heterocycles. The minimum absolute atomic E-state index is 0.109. The molecule has 2 aromatic rings. The highest BCUT2D eigenvalue weighted by molar-refractivity contribution is 7.14. The summed E-state index contributed by atoms with van der Waals surface area (Å²) in [6.45, 7) is 2.20. The Labute approximate surface area is 148 Å². The number of nitrogens with one attached hydrogen (secondary N) is 3. The average molecular weight is 362 g/mol. The van der Waals surface area contributed by atoms with Gasteiger partial charge in [0.1, 0.15) is 5.82 Å². The Balaban J connectivity index is 1.70. The van der Waals surface area contributed by atoms with E-state index in [0.29, 0.717) is 22.1 Å². The van der Waals surface area contributed by atoms with Gasteiger partial charge in [-0.1, -0.05) is 6.42 Å². The fourth-order valence-electron chi connectivity index (χ4n) is 2.73. The van der Waals surface area contributed by atoms with Gasteiger partial charge in [0, 0.05) is 23.6 Å². The van der Waals surface area contributed by atoms with Crippen molar-refractivity contribution in [3.63, 3.8) is 0 Å². The van der Waals surface area contributed by atoms with Crippen LogP contribution in [0.3, 0.4) is 0 Å². The summed E-state index contributed by atoms with van der Waals surface area (Å²) in [5.41, 5.74) is 1.16. The van der Waals surface area contributed by atoms with Crippen LogP contribution in [-0.4, -0.2) is 29.4 Å². The monoisotopic (exact) mass is 362 g/mol. The highest BCUT2D eigenvalue weighted by Gasteiger charge is 2.21. The van der Waals surface area contributed by atoms with Crippen LogP contribution in [0.1, 0.15) is 26.2 Å². The van der Waals surface area contributed by atoms with Crippen LogP contribution in [0.25, 0.3) is 11.3 Å². The van der Waals surface area contributed by atoms with Crippen molar-refractivity contribution in [1.29, 1.82) is 0 Å². The molecule has 0 radical (unpaired) electrons. The molecule has 1 aliphatic rings. The Kier molecular flexibility index (Phi) is 5.40. The first-order valence-corrected chi connectivity index (χ1v) is 8.98. The summed E-state index contributed by atoms with van der Waals surface area (Å²) in [5.74, 6) is -0.854. The van der Waals surface area contributed by atoms with E-state index in [1.807, 2.05) is 0 Å². The van der Waals surface area contributed by atoms with E-state index >= 15 is 0 Å². The van der Waals surface area contributed by atoms with Gasteiger partial charge in [-0.05, 0) is 37.6 Å². The molecule has 1 aromatic carbocycles. The van der Waals surface area contributed by atoms with Gasteiger partial charge < -0.3 is 16.0 Å². The van der Waals surface area contributed by atoms with Crippen LogP contribution >= 0.6 is 11.3 Å². The molecule has 1 aromatic heterocycles. The molecule has 132 valence electrons. The first kappa shape index (κ1) is 17.5. The van der Waals surface area contributed by atoms with Gasteiger partial charge in [-0.15, -0.1) is 11.3 Å². The third-order valence-corrected chi connectivity index (χ3v) is 4.68. The van der Waals surface area contributed by atoms with Crippen LogP contribution in [-0.2, 0) is 9.59 Å². The molecule has 6 nitrogen and oxygen atoms in total. The molecule has 1 unspecified atom stereocenters. The zero-order chi connectivity index (χ0) is 17.8. The molecule has 0 saturated carbocycles. The van der Waals surface area contributed by atoms with Gasteiger partial charge in [0.05, 0.1) is 11.7 Å². The number of aromatic nitrogens is 1.